The molecule has 0 heterocycles. The van der Waals surface area contributed by atoms with Crippen molar-refractivity contribution < 1.29 is 19.1 Å². The quantitative estimate of drug-likeness (QED) is 0.704. The van der Waals surface area contributed by atoms with E-state index in [9.17, 15) is 9.59 Å². The lowest BCUT2D eigenvalue weighted by Crippen LogP contribution is -2.66. The number of carbonyl (C=O) groups excluding carboxylic acids is 2. The molecule has 2 N–H and O–H groups in total. The minimum Gasteiger partial charge on any atom is -0.444 e. The summed E-state index contributed by atoms with van der Waals surface area (Å²) in [6.07, 6.45) is 2.56. The zero-order valence-corrected chi connectivity index (χ0v) is 15.3. The highest BCUT2D eigenvalue weighted by atomic mass is 16.6. The minimum absolute atomic E-state index is 0.0103. The highest BCUT2D eigenvalue weighted by molar-refractivity contribution is 5.76. The van der Waals surface area contributed by atoms with Crippen LogP contribution in [0.25, 0.3) is 0 Å². The van der Waals surface area contributed by atoms with Crippen molar-refractivity contribution in [2.24, 2.45) is 5.41 Å². The third-order valence-electron chi connectivity index (χ3n) is 4.30. The first-order valence-corrected chi connectivity index (χ1v) is 8.34. The van der Waals surface area contributed by atoms with Crippen LogP contribution in [0, 0.1) is 5.41 Å². The molecule has 1 saturated carbocycles. The maximum absolute atomic E-state index is 11.9. The summed E-state index contributed by atoms with van der Waals surface area (Å²) in [5, 5.41) is 5.96. The van der Waals surface area contributed by atoms with E-state index in [0.29, 0.717) is 13.0 Å². The first kappa shape index (κ1) is 19.7. The molecular weight excluding hydrogens is 296 g/mol. The van der Waals surface area contributed by atoms with Crippen LogP contribution in [-0.4, -0.2) is 43.4 Å². The molecule has 6 nitrogen and oxygen atoms in total. The first-order valence-electron chi connectivity index (χ1n) is 8.34. The van der Waals surface area contributed by atoms with Crippen LogP contribution in [0.15, 0.2) is 0 Å². The number of amides is 2. The van der Waals surface area contributed by atoms with Crippen LogP contribution in [0.4, 0.5) is 4.79 Å². The Hall–Kier alpha value is -1.30. The summed E-state index contributed by atoms with van der Waals surface area (Å²) in [6.45, 7) is 10.3. The van der Waals surface area contributed by atoms with Crippen LogP contribution < -0.4 is 10.6 Å². The van der Waals surface area contributed by atoms with Crippen molar-refractivity contribution in [3.63, 3.8) is 0 Å². The lowest BCUT2D eigenvalue weighted by Gasteiger charge is -2.52. The molecule has 0 aliphatic heterocycles. The maximum Gasteiger partial charge on any atom is 0.407 e. The molecular formula is C17H32N2O4. The Morgan fingerprint density at radius 2 is 1.74 bits per heavy atom. The number of ether oxygens (including phenoxy) is 2. The van der Waals surface area contributed by atoms with E-state index in [0.717, 1.165) is 19.3 Å². The van der Waals surface area contributed by atoms with Crippen LogP contribution in [0.3, 0.4) is 0 Å². The number of methoxy groups -OCH3 is 1. The van der Waals surface area contributed by atoms with Crippen LogP contribution in [0.5, 0.6) is 0 Å². The summed E-state index contributed by atoms with van der Waals surface area (Å²) in [7, 11) is 1.66. The molecule has 0 unspecified atom stereocenters. The molecule has 1 fully saturated rings. The number of hydrogen-bond acceptors (Lipinski definition) is 4. The van der Waals surface area contributed by atoms with Crippen molar-refractivity contribution in [3.05, 3.63) is 0 Å². The van der Waals surface area contributed by atoms with Crippen molar-refractivity contribution in [1.82, 2.24) is 10.6 Å². The van der Waals surface area contributed by atoms with Gasteiger partial charge in [-0.05, 0) is 40.0 Å². The van der Waals surface area contributed by atoms with Gasteiger partial charge in [-0.2, -0.15) is 0 Å². The van der Waals surface area contributed by atoms with Crippen LogP contribution >= 0.6 is 0 Å². The summed E-state index contributed by atoms with van der Waals surface area (Å²) in [5.74, 6) is 0.0647. The molecule has 0 aromatic carbocycles. The van der Waals surface area contributed by atoms with E-state index in [1.54, 1.807) is 7.11 Å². The van der Waals surface area contributed by atoms with Gasteiger partial charge in [0.05, 0.1) is 0 Å². The Labute approximate surface area is 139 Å². The topological polar surface area (TPSA) is 76.7 Å². The second kappa shape index (κ2) is 7.99. The largest absolute Gasteiger partial charge is 0.444 e. The van der Waals surface area contributed by atoms with Crippen molar-refractivity contribution in [1.29, 1.82) is 0 Å². The van der Waals surface area contributed by atoms with E-state index in [-0.39, 0.29) is 23.4 Å². The van der Waals surface area contributed by atoms with Gasteiger partial charge in [-0.3, -0.25) is 4.79 Å². The predicted octanol–water partition coefficient (Wildman–Crippen LogP) is 2.61. The molecule has 1 aliphatic carbocycles. The van der Waals surface area contributed by atoms with Gasteiger partial charge < -0.3 is 20.1 Å². The van der Waals surface area contributed by atoms with E-state index >= 15 is 0 Å². The Balaban J connectivity index is 2.34. The fourth-order valence-corrected chi connectivity index (χ4v) is 2.66. The Morgan fingerprint density at radius 1 is 1.13 bits per heavy atom. The van der Waals surface area contributed by atoms with Gasteiger partial charge in [0.1, 0.15) is 5.60 Å². The molecule has 2 atom stereocenters. The molecule has 23 heavy (non-hydrogen) atoms. The van der Waals surface area contributed by atoms with Gasteiger partial charge in [0, 0.05) is 37.6 Å². The number of hydrogen-bond donors (Lipinski definition) is 2. The third-order valence-corrected chi connectivity index (χ3v) is 4.30. The lowest BCUT2D eigenvalue weighted by molar-refractivity contribution is -0.124. The Morgan fingerprint density at radius 3 is 2.26 bits per heavy atom. The summed E-state index contributed by atoms with van der Waals surface area (Å²) in [5.41, 5.74) is -0.688. The smallest absolute Gasteiger partial charge is 0.407 e. The maximum atomic E-state index is 11.9. The molecule has 0 bridgehead atoms. The van der Waals surface area contributed by atoms with E-state index in [4.69, 9.17) is 9.47 Å². The van der Waals surface area contributed by atoms with Gasteiger partial charge in [-0.25, -0.2) is 4.79 Å². The summed E-state index contributed by atoms with van der Waals surface area (Å²) in [6, 6.07) is 0.0912. The van der Waals surface area contributed by atoms with Gasteiger partial charge >= 0.3 is 6.09 Å². The fourth-order valence-electron chi connectivity index (χ4n) is 2.66. The predicted molar refractivity (Wildman–Crippen MR) is 89.2 cm³/mol. The third kappa shape index (κ3) is 6.37. The number of rotatable bonds is 7. The summed E-state index contributed by atoms with van der Waals surface area (Å²) < 4.78 is 10.3. The van der Waals surface area contributed by atoms with E-state index in [2.05, 4.69) is 24.5 Å². The van der Waals surface area contributed by atoms with E-state index in [1.807, 2.05) is 20.8 Å². The molecule has 1 rings (SSSR count). The minimum atomic E-state index is -0.506. The van der Waals surface area contributed by atoms with E-state index in [1.165, 1.54) is 0 Å². The molecule has 1 aliphatic rings. The van der Waals surface area contributed by atoms with Gasteiger partial charge in [-0.15, -0.1) is 0 Å². The van der Waals surface area contributed by atoms with Crippen molar-refractivity contribution in [2.75, 3.05) is 13.7 Å². The normalized spacial score (nSPS) is 22.9. The highest BCUT2D eigenvalue weighted by Gasteiger charge is 2.49. The second-order valence-electron chi connectivity index (χ2n) is 7.83. The number of unbranched alkanes of at least 4 members (excludes halogenated alkanes) is 1. The number of carbonyl (C=O) groups is 2. The zero-order valence-electron chi connectivity index (χ0n) is 15.3. The molecule has 0 saturated heterocycles. The average Bonchev–Trinajstić information content (AvgIpc) is 2.40. The molecule has 0 spiro atoms. The Kier molecular flexibility index (Phi) is 6.86. The monoisotopic (exact) mass is 328 g/mol. The Bertz CT molecular complexity index is 415. The summed E-state index contributed by atoms with van der Waals surface area (Å²) >= 11 is 0. The molecule has 0 aromatic rings. The van der Waals surface area contributed by atoms with Gasteiger partial charge in [0.2, 0.25) is 5.91 Å². The van der Waals surface area contributed by atoms with Gasteiger partial charge in [0.15, 0.2) is 0 Å². The lowest BCUT2D eigenvalue weighted by atomic mass is 9.63. The average molecular weight is 328 g/mol. The summed E-state index contributed by atoms with van der Waals surface area (Å²) in [4.78, 5) is 23.8. The first-order chi connectivity index (χ1) is 10.6. The van der Waals surface area contributed by atoms with Crippen LogP contribution in [-0.2, 0) is 14.3 Å². The zero-order chi connectivity index (χ0) is 17.7. The molecule has 0 aromatic heterocycles. The van der Waals surface area contributed by atoms with Crippen molar-refractivity contribution >= 4 is 12.0 Å². The highest BCUT2D eigenvalue weighted by Crippen LogP contribution is 2.40. The van der Waals surface area contributed by atoms with Gasteiger partial charge in [-0.1, -0.05) is 13.8 Å². The second-order valence-corrected chi connectivity index (χ2v) is 7.83. The van der Waals surface area contributed by atoms with E-state index < -0.39 is 11.7 Å². The van der Waals surface area contributed by atoms with Crippen molar-refractivity contribution in [3.8, 4) is 0 Å². The molecule has 0 radical (unpaired) electrons. The SMILES string of the molecule is COCCCCC(=O)N[C@@H]1C[C@H](NC(=O)OC(C)(C)C)C1(C)C. The number of nitrogens with one attached hydrogen (secondary N) is 2. The van der Waals surface area contributed by atoms with Crippen LogP contribution in [0.1, 0.15) is 60.3 Å². The van der Waals surface area contributed by atoms with Crippen molar-refractivity contribution in [2.45, 2.75) is 78.0 Å². The molecule has 2 amide bonds. The fraction of sp³-hybridized carbons (Fsp3) is 0.882. The standard InChI is InChI=1S/C17H32N2O4/c1-16(2,3)23-15(21)19-13-11-12(17(13,4)5)18-14(20)9-7-8-10-22-6/h12-13H,7-11H2,1-6H3,(H,18,20)(H,19,21)/t12-,13+/m1/s1. The van der Waals surface area contributed by atoms with Crippen LogP contribution in [0.2, 0.25) is 0 Å². The molecule has 6 heteroatoms. The molecule has 134 valence electrons. The van der Waals surface area contributed by atoms with Gasteiger partial charge in [0.25, 0.3) is 0 Å². The number of alkyl carbamates (subject to hydrolysis) is 1.